The molecule has 0 radical (unpaired) electrons. The second kappa shape index (κ2) is 5.43. The predicted octanol–water partition coefficient (Wildman–Crippen LogP) is 1.91. The van der Waals surface area contributed by atoms with E-state index < -0.39 is 0 Å². The third-order valence-electron chi connectivity index (χ3n) is 2.40. The van der Waals surface area contributed by atoms with Crippen molar-refractivity contribution in [3.05, 3.63) is 35.5 Å². The van der Waals surface area contributed by atoms with Crippen LogP contribution < -0.4 is 5.32 Å². The van der Waals surface area contributed by atoms with Crippen molar-refractivity contribution in [3.63, 3.8) is 0 Å². The van der Waals surface area contributed by atoms with Crippen molar-refractivity contribution < 1.29 is 8.91 Å². The van der Waals surface area contributed by atoms with Crippen molar-refractivity contribution in [2.24, 2.45) is 0 Å². The van der Waals surface area contributed by atoms with Crippen LogP contribution in [-0.4, -0.2) is 16.7 Å². The number of benzene rings is 1. The van der Waals surface area contributed by atoms with E-state index in [1.54, 1.807) is 19.1 Å². The normalized spacial score (nSPS) is 10.3. The largest absolute Gasteiger partial charge is 0.338 e. The molecular weight excluding hydrogens is 233 g/mol. The summed E-state index contributed by atoms with van der Waals surface area (Å²) < 4.78 is 18.4. The molecule has 0 aliphatic rings. The molecule has 0 saturated carbocycles. The van der Waals surface area contributed by atoms with Crippen LogP contribution in [0.3, 0.4) is 0 Å². The summed E-state index contributed by atoms with van der Waals surface area (Å²) >= 11 is 0. The zero-order chi connectivity index (χ0) is 13.0. The van der Waals surface area contributed by atoms with E-state index in [4.69, 9.17) is 10.9 Å². The van der Waals surface area contributed by atoms with Gasteiger partial charge in [-0.3, -0.25) is 5.32 Å². The Morgan fingerprint density at radius 2 is 2.33 bits per heavy atom. The zero-order valence-electron chi connectivity index (χ0n) is 9.90. The van der Waals surface area contributed by atoms with Crippen LogP contribution in [0.15, 0.2) is 22.7 Å². The Kier molecular flexibility index (Phi) is 3.70. The average Bonchev–Trinajstić information content (AvgIpc) is 2.82. The van der Waals surface area contributed by atoms with Crippen LogP contribution in [0.2, 0.25) is 0 Å². The monoisotopic (exact) mass is 245 g/mol. The lowest BCUT2D eigenvalue weighted by molar-refractivity contribution is 0.370. The van der Waals surface area contributed by atoms with Gasteiger partial charge in [0.1, 0.15) is 5.82 Å². The minimum atomic E-state index is -0.288. The van der Waals surface area contributed by atoms with Crippen LogP contribution in [0.25, 0.3) is 11.4 Å². The molecule has 0 saturated heterocycles. The first-order valence-corrected chi connectivity index (χ1v) is 5.44. The number of terminal acetylenes is 1. The fraction of sp³-hybridized carbons (Fsp3) is 0.231. The number of aromatic nitrogens is 2. The number of hydrogen-bond donors (Lipinski definition) is 1. The van der Waals surface area contributed by atoms with Gasteiger partial charge in [-0.2, -0.15) is 4.98 Å². The van der Waals surface area contributed by atoms with Gasteiger partial charge in [0, 0.05) is 5.56 Å². The van der Waals surface area contributed by atoms with Gasteiger partial charge >= 0.3 is 0 Å². The van der Waals surface area contributed by atoms with Gasteiger partial charge < -0.3 is 4.52 Å². The highest BCUT2D eigenvalue weighted by Crippen LogP contribution is 2.18. The summed E-state index contributed by atoms with van der Waals surface area (Å²) in [6, 6.07) is 4.82. The Morgan fingerprint density at radius 3 is 3.06 bits per heavy atom. The molecule has 1 aromatic heterocycles. The average molecular weight is 245 g/mol. The Bertz CT molecular complexity index is 586. The van der Waals surface area contributed by atoms with Crippen molar-refractivity contribution in [3.8, 4) is 23.7 Å². The fourth-order valence-electron chi connectivity index (χ4n) is 1.42. The molecule has 2 rings (SSSR count). The summed E-state index contributed by atoms with van der Waals surface area (Å²) in [5.74, 6) is 2.94. The summed E-state index contributed by atoms with van der Waals surface area (Å²) in [6.07, 6.45) is 5.10. The molecule has 0 bridgehead atoms. The van der Waals surface area contributed by atoms with E-state index in [0.717, 1.165) is 0 Å². The maximum absolute atomic E-state index is 13.4. The smallest absolute Gasteiger partial charge is 0.240 e. The van der Waals surface area contributed by atoms with Crippen LogP contribution in [-0.2, 0) is 6.54 Å². The van der Waals surface area contributed by atoms with Gasteiger partial charge in [0.25, 0.3) is 0 Å². The molecule has 0 fully saturated rings. The lowest BCUT2D eigenvalue weighted by Gasteiger charge is -1.97. The van der Waals surface area contributed by atoms with Crippen molar-refractivity contribution in [2.75, 3.05) is 6.54 Å². The van der Waals surface area contributed by atoms with Gasteiger partial charge in [0.05, 0.1) is 13.1 Å². The molecule has 92 valence electrons. The number of rotatable bonds is 4. The van der Waals surface area contributed by atoms with Crippen LogP contribution in [0.5, 0.6) is 0 Å². The van der Waals surface area contributed by atoms with E-state index in [1.807, 2.05) is 0 Å². The van der Waals surface area contributed by atoms with Crippen molar-refractivity contribution in [1.82, 2.24) is 15.5 Å². The molecule has 2 aromatic rings. The molecule has 0 unspecified atom stereocenters. The summed E-state index contributed by atoms with van der Waals surface area (Å²) in [5.41, 5.74) is 1.17. The van der Waals surface area contributed by atoms with E-state index in [9.17, 15) is 4.39 Å². The molecule has 4 nitrogen and oxygen atoms in total. The Hall–Kier alpha value is -2.19. The summed E-state index contributed by atoms with van der Waals surface area (Å²) in [5, 5.41) is 6.72. The topological polar surface area (TPSA) is 51.0 Å². The summed E-state index contributed by atoms with van der Waals surface area (Å²) in [6.45, 7) is 2.52. The highest BCUT2D eigenvalue weighted by molar-refractivity contribution is 5.54. The minimum absolute atomic E-state index is 0.288. The van der Waals surface area contributed by atoms with Crippen LogP contribution in [0.4, 0.5) is 4.39 Å². The second-order valence-corrected chi connectivity index (χ2v) is 3.78. The van der Waals surface area contributed by atoms with E-state index in [1.165, 1.54) is 6.07 Å². The van der Waals surface area contributed by atoms with Gasteiger partial charge in [0.2, 0.25) is 11.7 Å². The van der Waals surface area contributed by atoms with Crippen molar-refractivity contribution in [2.45, 2.75) is 13.5 Å². The number of nitrogens with one attached hydrogen (secondary N) is 1. The van der Waals surface area contributed by atoms with Gasteiger partial charge in [-0.05, 0) is 18.6 Å². The fourth-order valence-corrected chi connectivity index (χ4v) is 1.42. The highest BCUT2D eigenvalue weighted by atomic mass is 19.1. The molecule has 5 heteroatoms. The number of hydrogen-bond acceptors (Lipinski definition) is 4. The molecule has 0 aliphatic carbocycles. The molecule has 0 amide bonds. The standard InChI is InChI=1S/C13H12FN3O/c1-3-6-15-8-12-16-13(17-18-12)10-5-4-9(2)11(14)7-10/h1,4-5,7,15H,6,8H2,2H3. The molecular formula is C13H12FN3O. The van der Waals surface area contributed by atoms with E-state index in [-0.39, 0.29) is 5.82 Å². The van der Waals surface area contributed by atoms with Crippen molar-refractivity contribution in [1.29, 1.82) is 0 Å². The van der Waals surface area contributed by atoms with Gasteiger partial charge in [-0.1, -0.05) is 23.2 Å². The third kappa shape index (κ3) is 2.73. The lowest BCUT2D eigenvalue weighted by Crippen LogP contribution is -2.13. The Labute approximate surface area is 104 Å². The van der Waals surface area contributed by atoms with Gasteiger partial charge in [-0.25, -0.2) is 4.39 Å². The predicted molar refractivity (Wildman–Crippen MR) is 65.0 cm³/mol. The first-order chi connectivity index (χ1) is 8.70. The van der Waals surface area contributed by atoms with E-state index in [0.29, 0.717) is 35.9 Å². The number of nitrogens with zero attached hydrogens (tertiary/aromatic N) is 2. The first-order valence-electron chi connectivity index (χ1n) is 5.44. The minimum Gasteiger partial charge on any atom is -0.338 e. The molecule has 0 spiro atoms. The lowest BCUT2D eigenvalue weighted by atomic mass is 10.1. The van der Waals surface area contributed by atoms with Crippen molar-refractivity contribution >= 4 is 0 Å². The summed E-state index contributed by atoms with van der Waals surface area (Å²) in [4.78, 5) is 4.15. The number of halogens is 1. The van der Waals surface area contributed by atoms with Crippen LogP contribution >= 0.6 is 0 Å². The summed E-state index contributed by atoms with van der Waals surface area (Å²) in [7, 11) is 0. The number of aryl methyl sites for hydroxylation is 1. The molecule has 0 aliphatic heterocycles. The highest BCUT2D eigenvalue weighted by Gasteiger charge is 2.09. The maximum Gasteiger partial charge on any atom is 0.240 e. The van der Waals surface area contributed by atoms with Gasteiger partial charge in [-0.15, -0.1) is 6.42 Å². The SMILES string of the molecule is C#CCNCc1nc(-c2ccc(C)c(F)c2)no1. The molecule has 0 atom stereocenters. The van der Waals surface area contributed by atoms with Crippen LogP contribution in [0, 0.1) is 25.1 Å². The van der Waals surface area contributed by atoms with Crippen LogP contribution in [0.1, 0.15) is 11.5 Å². The molecule has 1 aromatic carbocycles. The Morgan fingerprint density at radius 1 is 1.50 bits per heavy atom. The molecule has 1 heterocycles. The quantitative estimate of drug-likeness (QED) is 0.660. The van der Waals surface area contributed by atoms with E-state index >= 15 is 0 Å². The molecule has 18 heavy (non-hydrogen) atoms. The third-order valence-corrected chi connectivity index (χ3v) is 2.40. The second-order valence-electron chi connectivity index (χ2n) is 3.78. The first kappa shape index (κ1) is 12.3. The van der Waals surface area contributed by atoms with E-state index in [2.05, 4.69) is 21.4 Å². The maximum atomic E-state index is 13.4. The Balaban J connectivity index is 2.14. The zero-order valence-corrected chi connectivity index (χ0v) is 9.90. The molecule has 1 N–H and O–H groups in total. The van der Waals surface area contributed by atoms with Gasteiger partial charge in [0.15, 0.2) is 0 Å².